The fourth-order valence-corrected chi connectivity index (χ4v) is 2.72. The second-order valence-electron chi connectivity index (χ2n) is 5.46. The summed E-state index contributed by atoms with van der Waals surface area (Å²) in [6.07, 6.45) is 1.27. The molecular formula is C16H18N4O3. The molecule has 0 aliphatic carbocycles. The van der Waals surface area contributed by atoms with Gasteiger partial charge < -0.3 is 15.4 Å². The van der Waals surface area contributed by atoms with Crippen LogP contribution in [-0.4, -0.2) is 34.5 Å². The van der Waals surface area contributed by atoms with Crippen LogP contribution in [0.15, 0.2) is 29.1 Å². The second kappa shape index (κ2) is 6.12. The number of aromatic nitrogens is 2. The lowest BCUT2D eigenvalue weighted by molar-refractivity contribution is -0.119. The van der Waals surface area contributed by atoms with Gasteiger partial charge >= 0.3 is 0 Å². The topological polar surface area (TPSA) is 90.4 Å². The average molecular weight is 314 g/mol. The number of nitrogens with zero attached hydrogens (tertiary/aromatic N) is 3. The Morgan fingerprint density at radius 1 is 1.35 bits per heavy atom. The average Bonchev–Trinajstić information content (AvgIpc) is 2.58. The van der Waals surface area contributed by atoms with Gasteiger partial charge in [0.2, 0.25) is 12.4 Å². The maximum Gasteiger partial charge on any atom is 0.258 e. The summed E-state index contributed by atoms with van der Waals surface area (Å²) in [7, 11) is 1.60. The Labute approximate surface area is 133 Å². The zero-order chi connectivity index (χ0) is 16.4. The number of rotatable bonds is 4. The summed E-state index contributed by atoms with van der Waals surface area (Å²) in [5, 5.41) is 0. The first-order chi connectivity index (χ1) is 11.1. The van der Waals surface area contributed by atoms with Gasteiger partial charge in [-0.05, 0) is 24.1 Å². The molecule has 1 amide bonds. The highest BCUT2D eigenvalue weighted by molar-refractivity contribution is 5.48. The number of carbonyl (C=O) groups excluding carboxylic acids is 1. The normalized spacial score (nSPS) is 13.5. The number of benzene rings is 1. The molecule has 1 aromatic carbocycles. The van der Waals surface area contributed by atoms with Gasteiger partial charge in [0, 0.05) is 12.1 Å². The highest BCUT2D eigenvalue weighted by atomic mass is 16.5. The van der Waals surface area contributed by atoms with Gasteiger partial charge in [0.1, 0.15) is 5.75 Å². The molecule has 0 radical (unpaired) electrons. The fourth-order valence-electron chi connectivity index (χ4n) is 2.72. The number of carbonyl (C=O) groups is 1. The van der Waals surface area contributed by atoms with Crippen molar-refractivity contribution in [2.75, 3.05) is 19.4 Å². The summed E-state index contributed by atoms with van der Waals surface area (Å²) in [5.74, 6) is 0.920. The van der Waals surface area contributed by atoms with Crippen LogP contribution >= 0.6 is 0 Å². The van der Waals surface area contributed by atoms with Crippen molar-refractivity contribution in [3.05, 3.63) is 51.4 Å². The predicted molar refractivity (Wildman–Crippen MR) is 85.2 cm³/mol. The van der Waals surface area contributed by atoms with Crippen LogP contribution in [0.2, 0.25) is 0 Å². The largest absolute Gasteiger partial charge is 0.497 e. The lowest BCUT2D eigenvalue weighted by Gasteiger charge is -2.25. The summed E-state index contributed by atoms with van der Waals surface area (Å²) < 4.78 is 6.59. The van der Waals surface area contributed by atoms with Crippen molar-refractivity contribution >= 4 is 12.4 Å². The van der Waals surface area contributed by atoms with Crippen molar-refractivity contribution in [2.45, 2.75) is 19.5 Å². The van der Waals surface area contributed by atoms with E-state index in [-0.39, 0.29) is 11.5 Å². The summed E-state index contributed by atoms with van der Waals surface area (Å²) in [6, 6.07) is 7.45. The van der Waals surface area contributed by atoms with E-state index in [1.807, 2.05) is 24.3 Å². The number of methoxy groups -OCH3 is 1. The first kappa shape index (κ1) is 15.1. The molecule has 1 aromatic heterocycles. The maximum atomic E-state index is 12.7. The Kier molecular flexibility index (Phi) is 4.01. The Balaban J connectivity index is 1.94. The molecule has 23 heavy (non-hydrogen) atoms. The Morgan fingerprint density at radius 3 is 2.74 bits per heavy atom. The molecule has 0 bridgehead atoms. The highest BCUT2D eigenvalue weighted by Gasteiger charge is 2.21. The van der Waals surface area contributed by atoms with Crippen LogP contribution < -0.4 is 16.0 Å². The van der Waals surface area contributed by atoms with Gasteiger partial charge in [-0.25, -0.2) is 4.98 Å². The molecule has 0 spiro atoms. The van der Waals surface area contributed by atoms with E-state index >= 15 is 0 Å². The lowest BCUT2D eigenvalue weighted by Crippen LogP contribution is -2.37. The van der Waals surface area contributed by atoms with E-state index in [1.54, 1.807) is 12.0 Å². The fraction of sp³-hybridized carbons (Fsp3) is 0.312. The summed E-state index contributed by atoms with van der Waals surface area (Å²) in [6.45, 7) is 1.22. The number of hydrogen-bond acceptors (Lipinski definition) is 5. The first-order valence-corrected chi connectivity index (χ1v) is 7.32. The van der Waals surface area contributed by atoms with Crippen molar-refractivity contribution in [3.63, 3.8) is 0 Å². The van der Waals surface area contributed by atoms with Crippen LogP contribution in [0.4, 0.5) is 5.95 Å². The van der Waals surface area contributed by atoms with Gasteiger partial charge in [-0.1, -0.05) is 12.1 Å². The Hall–Kier alpha value is -2.83. The number of anilines is 1. The standard InChI is InChI=1S/C16H18N4O3/c1-23-12-4-2-11(3-5-12)8-20-15(22)13-6-7-19(10-21)9-14(13)18-16(20)17/h2-5,10H,6-9H2,1H3,(H2,17,18). The van der Waals surface area contributed by atoms with Crippen molar-refractivity contribution in [1.82, 2.24) is 14.5 Å². The van der Waals surface area contributed by atoms with E-state index in [2.05, 4.69) is 4.98 Å². The predicted octanol–water partition coefficient (Wildman–Crippen LogP) is 0.397. The van der Waals surface area contributed by atoms with E-state index in [1.165, 1.54) is 4.57 Å². The Bertz CT molecular complexity index is 783. The van der Waals surface area contributed by atoms with Crippen molar-refractivity contribution in [2.24, 2.45) is 0 Å². The van der Waals surface area contributed by atoms with Gasteiger partial charge in [0.15, 0.2) is 0 Å². The van der Waals surface area contributed by atoms with Crippen LogP contribution in [0.3, 0.4) is 0 Å². The monoisotopic (exact) mass is 314 g/mol. The molecule has 0 atom stereocenters. The molecule has 120 valence electrons. The number of fused-ring (bicyclic) bond motifs is 1. The van der Waals surface area contributed by atoms with E-state index in [9.17, 15) is 9.59 Å². The van der Waals surface area contributed by atoms with Crippen LogP contribution in [0, 0.1) is 0 Å². The molecule has 0 saturated carbocycles. The molecule has 3 rings (SSSR count). The minimum atomic E-state index is -0.131. The molecule has 2 heterocycles. The molecule has 0 unspecified atom stereocenters. The third-order valence-electron chi connectivity index (χ3n) is 4.03. The maximum absolute atomic E-state index is 12.7. The van der Waals surface area contributed by atoms with E-state index < -0.39 is 0 Å². The molecule has 0 fully saturated rings. The van der Waals surface area contributed by atoms with Crippen LogP contribution in [0.1, 0.15) is 16.8 Å². The van der Waals surface area contributed by atoms with E-state index in [0.717, 1.165) is 17.7 Å². The quantitative estimate of drug-likeness (QED) is 0.825. The van der Waals surface area contributed by atoms with Crippen molar-refractivity contribution < 1.29 is 9.53 Å². The smallest absolute Gasteiger partial charge is 0.258 e. The van der Waals surface area contributed by atoms with Crippen LogP contribution in [-0.2, 0) is 24.3 Å². The lowest BCUT2D eigenvalue weighted by atomic mass is 10.1. The SMILES string of the molecule is COc1ccc(Cn2c(N)nc3c(c2=O)CCN(C=O)C3)cc1. The molecule has 7 nitrogen and oxygen atoms in total. The summed E-state index contributed by atoms with van der Waals surface area (Å²) >= 11 is 0. The number of hydrogen-bond donors (Lipinski definition) is 1. The highest BCUT2D eigenvalue weighted by Crippen LogP contribution is 2.16. The minimum absolute atomic E-state index is 0.131. The number of nitrogen functional groups attached to an aromatic ring is 1. The molecule has 1 aliphatic rings. The van der Waals surface area contributed by atoms with Gasteiger partial charge in [-0.3, -0.25) is 14.2 Å². The summed E-state index contributed by atoms with van der Waals surface area (Å²) in [5.41, 5.74) is 8.00. The van der Waals surface area contributed by atoms with Gasteiger partial charge in [-0.2, -0.15) is 0 Å². The van der Waals surface area contributed by atoms with Gasteiger partial charge in [0.25, 0.3) is 5.56 Å². The zero-order valence-corrected chi connectivity index (χ0v) is 12.9. The first-order valence-electron chi connectivity index (χ1n) is 7.32. The zero-order valence-electron chi connectivity index (χ0n) is 12.9. The molecule has 0 saturated heterocycles. The van der Waals surface area contributed by atoms with Crippen LogP contribution in [0.25, 0.3) is 0 Å². The third kappa shape index (κ3) is 2.90. The molecule has 1 aliphatic heterocycles. The number of ether oxygens (including phenoxy) is 1. The van der Waals surface area contributed by atoms with Crippen LogP contribution in [0.5, 0.6) is 5.75 Å². The van der Waals surface area contributed by atoms with E-state index in [0.29, 0.717) is 37.3 Å². The number of amides is 1. The second-order valence-corrected chi connectivity index (χ2v) is 5.46. The number of nitrogens with two attached hydrogens (primary N) is 1. The van der Waals surface area contributed by atoms with Crippen molar-refractivity contribution in [1.29, 1.82) is 0 Å². The van der Waals surface area contributed by atoms with E-state index in [4.69, 9.17) is 10.5 Å². The molecule has 2 aromatic rings. The molecule has 2 N–H and O–H groups in total. The molecular weight excluding hydrogens is 296 g/mol. The summed E-state index contributed by atoms with van der Waals surface area (Å²) in [4.78, 5) is 29.4. The van der Waals surface area contributed by atoms with Gasteiger partial charge in [0.05, 0.1) is 25.9 Å². The van der Waals surface area contributed by atoms with Crippen molar-refractivity contribution in [3.8, 4) is 5.75 Å². The molecule has 7 heteroatoms. The minimum Gasteiger partial charge on any atom is -0.497 e. The third-order valence-corrected chi connectivity index (χ3v) is 4.03. The Morgan fingerprint density at radius 2 is 2.09 bits per heavy atom. The van der Waals surface area contributed by atoms with Gasteiger partial charge in [-0.15, -0.1) is 0 Å².